The maximum absolute atomic E-state index is 14.3. The monoisotopic (exact) mass is 457 g/mol. The van der Waals surface area contributed by atoms with Crippen LogP contribution in [0.3, 0.4) is 0 Å². The van der Waals surface area contributed by atoms with E-state index in [1.54, 1.807) is 0 Å². The van der Waals surface area contributed by atoms with Crippen LogP contribution in [0.4, 0.5) is 23.2 Å². The van der Waals surface area contributed by atoms with Crippen molar-refractivity contribution < 1.29 is 27.5 Å². The van der Waals surface area contributed by atoms with Crippen LogP contribution in [0.2, 0.25) is 5.02 Å². The summed E-state index contributed by atoms with van der Waals surface area (Å²) in [6, 6.07) is 7.77. The molecule has 0 radical (unpaired) electrons. The number of hydrogen-bond donors (Lipinski definition) is 3. The lowest BCUT2D eigenvalue weighted by Gasteiger charge is -2.23. The highest BCUT2D eigenvalue weighted by atomic mass is 35.5. The van der Waals surface area contributed by atoms with Gasteiger partial charge in [0.05, 0.1) is 28.4 Å². The quantitative estimate of drug-likeness (QED) is 0.345. The van der Waals surface area contributed by atoms with Crippen molar-refractivity contribution in [3.05, 3.63) is 64.4 Å². The summed E-state index contributed by atoms with van der Waals surface area (Å²) in [4.78, 5) is 17.0. The van der Waals surface area contributed by atoms with Gasteiger partial charge < -0.3 is 10.4 Å². The molecule has 2 aromatic carbocycles. The highest BCUT2D eigenvalue weighted by Crippen LogP contribution is 2.29. The van der Waals surface area contributed by atoms with Crippen LogP contribution in [0, 0.1) is 5.82 Å². The number of alkyl halides is 3. The number of aliphatic imine (C=N–C) groups is 1. The number of benzene rings is 2. The van der Waals surface area contributed by atoms with Crippen molar-refractivity contribution in [1.82, 2.24) is 5.32 Å². The summed E-state index contributed by atoms with van der Waals surface area (Å²) >= 11 is 5.80. The van der Waals surface area contributed by atoms with Crippen molar-refractivity contribution in [2.45, 2.75) is 44.0 Å². The third-order valence-electron chi connectivity index (χ3n) is 4.89. The van der Waals surface area contributed by atoms with Crippen LogP contribution in [0.25, 0.3) is 0 Å². The van der Waals surface area contributed by atoms with E-state index in [-0.39, 0.29) is 28.3 Å². The SMILES string of the molecule is O=C(NC(=NC1CCC(O)CC1)Nc1cccc(Cl)c1F)c1ccc(C(F)(F)F)cc1. The van der Waals surface area contributed by atoms with Gasteiger partial charge in [0.1, 0.15) is 0 Å². The Balaban J connectivity index is 1.81. The first kappa shape index (κ1) is 23.0. The van der Waals surface area contributed by atoms with E-state index in [2.05, 4.69) is 15.6 Å². The van der Waals surface area contributed by atoms with Crippen molar-refractivity contribution in [2.24, 2.45) is 4.99 Å². The summed E-state index contributed by atoms with van der Waals surface area (Å²) in [5.41, 5.74) is -0.916. The molecule has 0 saturated heterocycles. The molecule has 0 heterocycles. The second-order valence-corrected chi connectivity index (χ2v) is 7.60. The van der Waals surface area contributed by atoms with Gasteiger partial charge in [-0.25, -0.2) is 9.38 Å². The molecule has 166 valence electrons. The molecule has 0 unspecified atom stereocenters. The Kier molecular flexibility index (Phi) is 7.17. The van der Waals surface area contributed by atoms with E-state index in [1.807, 2.05) is 0 Å². The van der Waals surface area contributed by atoms with Gasteiger partial charge in [0.15, 0.2) is 5.82 Å². The highest BCUT2D eigenvalue weighted by Gasteiger charge is 2.30. The Morgan fingerprint density at radius 1 is 1.06 bits per heavy atom. The summed E-state index contributed by atoms with van der Waals surface area (Å²) in [5.74, 6) is -1.51. The molecular formula is C21H20ClF4N3O2. The van der Waals surface area contributed by atoms with Gasteiger partial charge in [-0.2, -0.15) is 13.2 Å². The first-order valence-electron chi connectivity index (χ1n) is 9.59. The van der Waals surface area contributed by atoms with E-state index < -0.39 is 29.6 Å². The summed E-state index contributed by atoms with van der Waals surface area (Å²) in [6.07, 6.45) is -2.70. The van der Waals surface area contributed by atoms with E-state index in [9.17, 15) is 27.5 Å². The number of guanidine groups is 1. The number of anilines is 1. The van der Waals surface area contributed by atoms with E-state index >= 15 is 0 Å². The zero-order valence-corrected chi connectivity index (χ0v) is 17.0. The number of halogens is 5. The maximum atomic E-state index is 14.3. The van der Waals surface area contributed by atoms with Crippen LogP contribution in [0.5, 0.6) is 0 Å². The minimum absolute atomic E-state index is 0.0187. The van der Waals surface area contributed by atoms with Gasteiger partial charge >= 0.3 is 6.18 Å². The van der Waals surface area contributed by atoms with Crippen molar-refractivity contribution in [1.29, 1.82) is 0 Å². The van der Waals surface area contributed by atoms with Gasteiger partial charge in [0.2, 0.25) is 5.96 Å². The third kappa shape index (κ3) is 6.18. The van der Waals surface area contributed by atoms with Crippen LogP contribution >= 0.6 is 11.6 Å². The molecule has 10 heteroatoms. The van der Waals surface area contributed by atoms with Gasteiger partial charge in [-0.1, -0.05) is 17.7 Å². The summed E-state index contributed by atoms with van der Waals surface area (Å²) < 4.78 is 52.5. The lowest BCUT2D eigenvalue weighted by Crippen LogP contribution is -2.38. The van der Waals surface area contributed by atoms with E-state index in [4.69, 9.17) is 11.6 Å². The van der Waals surface area contributed by atoms with Crippen molar-refractivity contribution >= 4 is 29.2 Å². The second-order valence-electron chi connectivity index (χ2n) is 7.20. The van der Waals surface area contributed by atoms with Gasteiger partial charge in [-0.05, 0) is 62.1 Å². The number of nitrogens with zero attached hydrogens (tertiary/aromatic N) is 1. The molecule has 1 fully saturated rings. The first-order chi connectivity index (χ1) is 14.6. The molecule has 0 spiro atoms. The van der Waals surface area contributed by atoms with Crippen LogP contribution in [0.1, 0.15) is 41.6 Å². The van der Waals surface area contributed by atoms with Crippen LogP contribution < -0.4 is 10.6 Å². The zero-order valence-electron chi connectivity index (χ0n) is 16.2. The molecule has 0 bridgehead atoms. The molecule has 3 N–H and O–H groups in total. The number of nitrogens with one attached hydrogen (secondary N) is 2. The van der Waals surface area contributed by atoms with Gasteiger partial charge in [0.25, 0.3) is 5.91 Å². The molecule has 1 aliphatic carbocycles. The molecule has 2 aromatic rings. The number of carbonyl (C=O) groups excluding carboxylic acids is 1. The minimum Gasteiger partial charge on any atom is -0.393 e. The van der Waals surface area contributed by atoms with Crippen molar-refractivity contribution in [3.8, 4) is 0 Å². The average molecular weight is 458 g/mol. The van der Waals surface area contributed by atoms with Crippen LogP contribution in [0.15, 0.2) is 47.5 Å². The molecule has 1 amide bonds. The summed E-state index contributed by atoms with van der Waals surface area (Å²) in [7, 11) is 0. The van der Waals surface area contributed by atoms with Gasteiger partial charge in [-0.15, -0.1) is 0 Å². The predicted molar refractivity (Wildman–Crippen MR) is 110 cm³/mol. The average Bonchev–Trinajstić information content (AvgIpc) is 2.72. The smallest absolute Gasteiger partial charge is 0.393 e. The molecule has 1 saturated carbocycles. The number of hydrogen-bond acceptors (Lipinski definition) is 3. The zero-order chi connectivity index (χ0) is 22.6. The highest BCUT2D eigenvalue weighted by molar-refractivity contribution is 6.31. The van der Waals surface area contributed by atoms with Crippen molar-refractivity contribution in [2.75, 3.05) is 5.32 Å². The fourth-order valence-corrected chi connectivity index (χ4v) is 3.36. The van der Waals surface area contributed by atoms with E-state index in [0.717, 1.165) is 24.3 Å². The molecule has 0 aliphatic heterocycles. The second kappa shape index (κ2) is 9.65. The first-order valence-corrected chi connectivity index (χ1v) is 9.97. The van der Waals surface area contributed by atoms with Gasteiger partial charge in [0, 0.05) is 5.56 Å². The number of amides is 1. The number of aliphatic hydroxyl groups excluding tert-OH is 1. The number of carbonyl (C=O) groups is 1. The Bertz CT molecular complexity index is 956. The fourth-order valence-electron chi connectivity index (χ4n) is 3.18. The summed E-state index contributed by atoms with van der Waals surface area (Å²) in [6.45, 7) is 0. The fraction of sp³-hybridized carbons (Fsp3) is 0.333. The topological polar surface area (TPSA) is 73.7 Å². The number of aliphatic hydroxyl groups is 1. The molecule has 31 heavy (non-hydrogen) atoms. The Labute approximate surface area is 181 Å². The Hall–Kier alpha value is -2.65. The van der Waals surface area contributed by atoms with Crippen LogP contribution in [-0.4, -0.2) is 29.1 Å². The standard InChI is InChI=1S/C21H20ClF4N3O2/c22-16-2-1-3-17(18(16)23)28-20(27-14-8-10-15(30)11-9-14)29-19(31)12-4-6-13(7-5-12)21(24,25)26/h1-7,14-15,30H,8-11H2,(H2,27,28,29,31). The van der Waals surface area contributed by atoms with Gasteiger partial charge in [-0.3, -0.25) is 10.1 Å². The largest absolute Gasteiger partial charge is 0.416 e. The molecule has 1 aliphatic rings. The molecule has 0 atom stereocenters. The summed E-state index contributed by atoms with van der Waals surface area (Å²) in [5, 5.41) is 14.7. The minimum atomic E-state index is -4.52. The Morgan fingerprint density at radius 2 is 1.71 bits per heavy atom. The molecule has 5 nitrogen and oxygen atoms in total. The van der Waals surface area contributed by atoms with Crippen molar-refractivity contribution in [3.63, 3.8) is 0 Å². The van der Waals surface area contributed by atoms with Crippen LogP contribution in [-0.2, 0) is 6.18 Å². The third-order valence-corrected chi connectivity index (χ3v) is 5.18. The van der Waals surface area contributed by atoms with E-state index in [0.29, 0.717) is 25.7 Å². The molecular weight excluding hydrogens is 438 g/mol. The number of rotatable bonds is 3. The maximum Gasteiger partial charge on any atom is 0.416 e. The molecule has 0 aromatic heterocycles. The lowest BCUT2D eigenvalue weighted by molar-refractivity contribution is -0.137. The Morgan fingerprint density at radius 3 is 2.32 bits per heavy atom. The normalized spacial score (nSPS) is 19.7. The van der Waals surface area contributed by atoms with E-state index in [1.165, 1.54) is 18.2 Å². The lowest BCUT2D eigenvalue weighted by atomic mass is 9.94. The molecule has 3 rings (SSSR count). The predicted octanol–water partition coefficient (Wildman–Crippen LogP) is 5.00.